The maximum Gasteiger partial charge on any atom is 0.131 e. The molecule has 0 aliphatic rings. The Balaban J connectivity index is 2.47. The molecule has 0 nitrogen and oxygen atoms in total. The van der Waals surface area contributed by atoms with E-state index in [0.29, 0.717) is 9.21 Å². The van der Waals surface area contributed by atoms with Crippen molar-refractivity contribution in [3.8, 4) is 0 Å². The van der Waals surface area contributed by atoms with Crippen LogP contribution in [0.2, 0.25) is 4.34 Å². The van der Waals surface area contributed by atoms with E-state index >= 15 is 0 Å². The van der Waals surface area contributed by atoms with Crippen LogP contribution < -0.4 is 0 Å². The summed E-state index contributed by atoms with van der Waals surface area (Å²) >= 11 is 13.2. The molecule has 1 aromatic heterocycles. The first-order chi connectivity index (χ1) is 8.00. The van der Waals surface area contributed by atoms with Crippen molar-refractivity contribution < 1.29 is 8.78 Å². The van der Waals surface area contributed by atoms with Crippen molar-refractivity contribution >= 4 is 34.5 Å². The molecule has 0 saturated heterocycles. The van der Waals surface area contributed by atoms with E-state index in [4.69, 9.17) is 23.2 Å². The molecule has 0 bridgehead atoms. The van der Waals surface area contributed by atoms with Gasteiger partial charge in [0.05, 0.1) is 9.71 Å². The van der Waals surface area contributed by atoms with Crippen molar-refractivity contribution in [2.45, 2.75) is 12.3 Å². The standard InChI is InChI=1S/C12H8Cl2F2S/c1-6-5-9(17-12(6)14)11(13)10-7(15)3-2-4-8(10)16/h2-5,11H,1H3. The van der Waals surface area contributed by atoms with E-state index in [2.05, 4.69) is 0 Å². The van der Waals surface area contributed by atoms with Gasteiger partial charge in [-0.25, -0.2) is 8.78 Å². The van der Waals surface area contributed by atoms with Crippen molar-refractivity contribution in [1.29, 1.82) is 0 Å². The third-order valence-electron chi connectivity index (χ3n) is 2.38. The van der Waals surface area contributed by atoms with Crippen LogP contribution in [-0.4, -0.2) is 0 Å². The Labute approximate surface area is 112 Å². The molecule has 0 radical (unpaired) electrons. The van der Waals surface area contributed by atoms with Gasteiger partial charge >= 0.3 is 0 Å². The summed E-state index contributed by atoms with van der Waals surface area (Å²) in [7, 11) is 0. The minimum atomic E-state index is -0.854. The molecule has 0 amide bonds. The molecule has 0 spiro atoms. The summed E-state index contributed by atoms with van der Waals surface area (Å²) in [4.78, 5) is 0.637. The van der Waals surface area contributed by atoms with Gasteiger partial charge in [0.2, 0.25) is 0 Å². The molecule has 5 heteroatoms. The molecule has 17 heavy (non-hydrogen) atoms. The van der Waals surface area contributed by atoms with Gasteiger partial charge in [-0.15, -0.1) is 22.9 Å². The average Bonchev–Trinajstić information content (AvgIpc) is 2.59. The minimum Gasteiger partial charge on any atom is -0.207 e. The minimum absolute atomic E-state index is 0.132. The van der Waals surface area contributed by atoms with E-state index in [9.17, 15) is 8.78 Å². The maximum atomic E-state index is 13.5. The van der Waals surface area contributed by atoms with Crippen LogP contribution in [0.1, 0.15) is 21.4 Å². The topological polar surface area (TPSA) is 0 Å². The Hall–Kier alpha value is -0.640. The molecule has 2 aromatic rings. The molecule has 0 aliphatic carbocycles. The van der Waals surface area contributed by atoms with Crippen molar-refractivity contribution in [2.24, 2.45) is 0 Å². The lowest BCUT2D eigenvalue weighted by molar-refractivity contribution is 0.560. The van der Waals surface area contributed by atoms with Gasteiger partial charge in [-0.2, -0.15) is 0 Å². The highest BCUT2D eigenvalue weighted by molar-refractivity contribution is 7.16. The molecule has 0 saturated carbocycles. The van der Waals surface area contributed by atoms with Crippen LogP contribution in [0.3, 0.4) is 0 Å². The zero-order chi connectivity index (χ0) is 12.6. The fourth-order valence-corrected chi connectivity index (χ4v) is 3.11. The predicted octanol–water partition coefficient (Wildman–Crippen LogP) is 5.32. The molecule has 90 valence electrons. The molecule has 1 unspecified atom stereocenters. The number of rotatable bonds is 2. The number of hydrogen-bond acceptors (Lipinski definition) is 1. The van der Waals surface area contributed by atoms with Crippen molar-refractivity contribution in [2.75, 3.05) is 0 Å². The van der Waals surface area contributed by atoms with E-state index < -0.39 is 17.0 Å². The quantitative estimate of drug-likeness (QED) is 0.658. The van der Waals surface area contributed by atoms with E-state index in [-0.39, 0.29) is 5.56 Å². The Morgan fingerprint density at radius 1 is 1.24 bits per heavy atom. The van der Waals surface area contributed by atoms with Gasteiger partial charge in [0, 0.05) is 10.4 Å². The number of alkyl halides is 1. The largest absolute Gasteiger partial charge is 0.207 e. The SMILES string of the molecule is Cc1cc(C(Cl)c2c(F)cccc2F)sc1Cl. The number of aryl methyl sites for hydroxylation is 1. The van der Waals surface area contributed by atoms with Crippen molar-refractivity contribution in [1.82, 2.24) is 0 Å². The molecule has 2 rings (SSSR count). The first-order valence-electron chi connectivity index (χ1n) is 4.84. The summed E-state index contributed by atoms with van der Waals surface area (Å²) in [6, 6.07) is 5.44. The number of thiophene rings is 1. The second-order valence-electron chi connectivity index (χ2n) is 3.60. The highest BCUT2D eigenvalue weighted by Gasteiger charge is 2.21. The van der Waals surface area contributed by atoms with E-state index in [1.165, 1.54) is 29.5 Å². The first-order valence-corrected chi connectivity index (χ1v) is 6.47. The van der Waals surface area contributed by atoms with Gasteiger partial charge in [-0.05, 0) is 30.7 Å². The van der Waals surface area contributed by atoms with E-state index in [1.54, 1.807) is 6.07 Å². The Morgan fingerprint density at radius 2 is 1.82 bits per heavy atom. The molecule has 0 N–H and O–H groups in total. The molecule has 1 heterocycles. The van der Waals surface area contributed by atoms with Gasteiger partial charge in [-0.1, -0.05) is 17.7 Å². The highest BCUT2D eigenvalue weighted by atomic mass is 35.5. The summed E-state index contributed by atoms with van der Waals surface area (Å²) in [5, 5.41) is -0.854. The summed E-state index contributed by atoms with van der Waals surface area (Å²) in [5.41, 5.74) is 0.723. The number of halogens is 4. The number of hydrogen-bond donors (Lipinski definition) is 0. The normalized spacial score (nSPS) is 12.8. The summed E-state index contributed by atoms with van der Waals surface area (Å²) < 4.78 is 27.7. The number of benzene rings is 1. The highest BCUT2D eigenvalue weighted by Crippen LogP contribution is 2.39. The zero-order valence-corrected chi connectivity index (χ0v) is 11.1. The van der Waals surface area contributed by atoms with Crippen LogP contribution in [-0.2, 0) is 0 Å². The lowest BCUT2D eigenvalue weighted by Gasteiger charge is -2.09. The average molecular weight is 293 g/mol. The van der Waals surface area contributed by atoms with Crippen molar-refractivity contribution in [3.05, 3.63) is 56.2 Å². The van der Waals surface area contributed by atoms with Gasteiger partial charge in [-0.3, -0.25) is 0 Å². The third-order valence-corrected chi connectivity index (χ3v) is 4.58. The first kappa shape index (κ1) is 12.8. The Kier molecular flexibility index (Phi) is 3.71. The van der Waals surface area contributed by atoms with Gasteiger partial charge in [0.1, 0.15) is 11.6 Å². The summed E-state index contributed by atoms with van der Waals surface area (Å²) in [5.74, 6) is -1.29. The van der Waals surface area contributed by atoms with Gasteiger partial charge in [0.15, 0.2) is 0 Å². The van der Waals surface area contributed by atoms with Crippen LogP contribution in [0.15, 0.2) is 24.3 Å². The second-order valence-corrected chi connectivity index (χ2v) is 5.73. The third kappa shape index (κ3) is 2.46. The molecular formula is C12H8Cl2F2S. The Morgan fingerprint density at radius 3 is 2.29 bits per heavy atom. The van der Waals surface area contributed by atoms with E-state index in [0.717, 1.165) is 5.56 Å². The monoisotopic (exact) mass is 292 g/mol. The molecule has 0 fully saturated rings. The van der Waals surface area contributed by atoms with Crippen molar-refractivity contribution in [3.63, 3.8) is 0 Å². The van der Waals surface area contributed by atoms with Crippen LogP contribution >= 0.6 is 34.5 Å². The fraction of sp³-hybridized carbons (Fsp3) is 0.167. The Bertz CT molecular complexity index is 512. The zero-order valence-electron chi connectivity index (χ0n) is 8.81. The van der Waals surface area contributed by atoms with Crippen LogP contribution in [0.4, 0.5) is 8.78 Å². The molecule has 1 aromatic carbocycles. The molecular weight excluding hydrogens is 285 g/mol. The van der Waals surface area contributed by atoms with Crippen LogP contribution in [0, 0.1) is 18.6 Å². The van der Waals surface area contributed by atoms with Crippen LogP contribution in [0.5, 0.6) is 0 Å². The second kappa shape index (κ2) is 4.92. The lowest BCUT2D eigenvalue weighted by Crippen LogP contribution is -1.99. The molecule has 1 atom stereocenters. The predicted molar refractivity (Wildman–Crippen MR) is 68.1 cm³/mol. The van der Waals surface area contributed by atoms with Gasteiger partial charge in [0.25, 0.3) is 0 Å². The smallest absolute Gasteiger partial charge is 0.131 e. The van der Waals surface area contributed by atoms with Crippen LogP contribution in [0.25, 0.3) is 0 Å². The van der Waals surface area contributed by atoms with Gasteiger partial charge < -0.3 is 0 Å². The fourth-order valence-electron chi connectivity index (χ4n) is 1.50. The lowest BCUT2D eigenvalue weighted by atomic mass is 10.1. The summed E-state index contributed by atoms with van der Waals surface area (Å²) in [6.45, 7) is 1.82. The summed E-state index contributed by atoms with van der Waals surface area (Å²) in [6.07, 6.45) is 0. The molecule has 0 aliphatic heterocycles. The maximum absolute atomic E-state index is 13.5. The van der Waals surface area contributed by atoms with E-state index in [1.807, 2.05) is 6.92 Å².